The van der Waals surface area contributed by atoms with Crippen LogP contribution < -0.4 is 0 Å². The molecule has 0 bridgehead atoms. The second kappa shape index (κ2) is 8.35. The molecule has 1 heterocycles. The molecule has 0 saturated carbocycles. The first-order valence-electron chi connectivity index (χ1n) is 9.27. The summed E-state index contributed by atoms with van der Waals surface area (Å²) in [6, 6.07) is 14.3. The zero-order valence-electron chi connectivity index (χ0n) is 16.3. The molecule has 2 aromatic carbocycles. The summed E-state index contributed by atoms with van der Waals surface area (Å²) in [6.07, 6.45) is 0.574. The Bertz CT molecular complexity index is 895. The van der Waals surface area contributed by atoms with E-state index in [4.69, 9.17) is 4.74 Å². The molecule has 0 saturated heterocycles. The zero-order valence-corrected chi connectivity index (χ0v) is 16.3. The Morgan fingerprint density at radius 1 is 1.07 bits per heavy atom. The number of hydrogen-bond acceptors (Lipinski definition) is 4. The van der Waals surface area contributed by atoms with E-state index in [-0.39, 0.29) is 29.3 Å². The second-order valence-corrected chi connectivity index (χ2v) is 6.87. The number of rotatable bonds is 7. The lowest BCUT2D eigenvalue weighted by Gasteiger charge is -2.25. The highest BCUT2D eigenvalue weighted by atomic mass is 16.5. The van der Waals surface area contributed by atoms with Gasteiger partial charge in [0.15, 0.2) is 0 Å². The van der Waals surface area contributed by atoms with Gasteiger partial charge in [0.1, 0.15) is 0 Å². The Labute approximate surface area is 164 Å². The highest BCUT2D eigenvalue weighted by molar-refractivity contribution is 6.22. The van der Waals surface area contributed by atoms with Crippen molar-refractivity contribution in [3.63, 3.8) is 0 Å². The summed E-state index contributed by atoms with van der Waals surface area (Å²) in [6.45, 7) is 2.72. The van der Waals surface area contributed by atoms with Crippen LogP contribution in [0.4, 0.5) is 0 Å². The van der Waals surface area contributed by atoms with Crippen molar-refractivity contribution in [1.29, 1.82) is 0 Å². The molecule has 0 unspecified atom stereocenters. The Balaban J connectivity index is 1.80. The largest absolute Gasteiger partial charge is 0.385 e. The Kier molecular flexibility index (Phi) is 5.90. The van der Waals surface area contributed by atoms with Crippen molar-refractivity contribution >= 4 is 17.7 Å². The number of ether oxygens (including phenoxy) is 1. The second-order valence-electron chi connectivity index (χ2n) is 6.87. The first-order chi connectivity index (χ1) is 13.5. The summed E-state index contributed by atoms with van der Waals surface area (Å²) in [7, 11) is 3.31. The smallest absolute Gasteiger partial charge is 0.261 e. The highest BCUT2D eigenvalue weighted by Gasteiger charge is 2.35. The van der Waals surface area contributed by atoms with E-state index in [0.717, 1.165) is 5.56 Å². The number of methoxy groups -OCH3 is 1. The molecule has 3 rings (SSSR count). The van der Waals surface area contributed by atoms with Gasteiger partial charge in [-0.25, -0.2) is 0 Å². The van der Waals surface area contributed by atoms with Crippen LogP contribution in [0.15, 0.2) is 48.5 Å². The van der Waals surface area contributed by atoms with Crippen LogP contribution in [0, 0.1) is 0 Å². The van der Waals surface area contributed by atoms with Crippen LogP contribution in [-0.2, 0) is 4.74 Å². The van der Waals surface area contributed by atoms with Gasteiger partial charge >= 0.3 is 0 Å². The van der Waals surface area contributed by atoms with E-state index >= 15 is 0 Å². The third-order valence-corrected chi connectivity index (χ3v) is 5.13. The zero-order chi connectivity index (χ0) is 20.3. The Hall–Kier alpha value is -2.99. The summed E-state index contributed by atoms with van der Waals surface area (Å²) in [5.74, 6) is -0.872. The normalized spacial score (nSPS) is 14.2. The van der Waals surface area contributed by atoms with Gasteiger partial charge < -0.3 is 9.64 Å². The van der Waals surface area contributed by atoms with Crippen LogP contribution in [0.1, 0.15) is 56.0 Å². The first kappa shape index (κ1) is 19.8. The number of imide groups is 1. The van der Waals surface area contributed by atoms with Crippen LogP contribution in [0.5, 0.6) is 0 Å². The Morgan fingerprint density at radius 3 is 2.43 bits per heavy atom. The molecule has 3 amide bonds. The highest BCUT2D eigenvalue weighted by Crippen LogP contribution is 2.26. The summed E-state index contributed by atoms with van der Waals surface area (Å²) in [5, 5.41) is 0. The minimum atomic E-state index is -0.357. The number of hydrogen-bond donors (Lipinski definition) is 0. The number of benzene rings is 2. The van der Waals surface area contributed by atoms with E-state index in [0.29, 0.717) is 30.7 Å². The fourth-order valence-corrected chi connectivity index (χ4v) is 3.33. The molecular weight excluding hydrogens is 356 g/mol. The molecule has 28 heavy (non-hydrogen) atoms. The molecule has 0 fully saturated rings. The quantitative estimate of drug-likeness (QED) is 0.547. The molecule has 1 aliphatic rings. The standard InChI is InChI=1S/C22H24N2O4/c1-15(16-8-5-4-6-9-16)23(2)20(25)17-10-11-18-19(14-17)22(27)24(21(18)26)12-7-13-28-3/h4-6,8-11,14-15H,7,12-13H2,1-3H3/t15-/m0/s1. The van der Waals surface area contributed by atoms with Crippen LogP contribution in [0.3, 0.4) is 0 Å². The lowest BCUT2D eigenvalue weighted by atomic mass is 10.0. The van der Waals surface area contributed by atoms with E-state index in [1.807, 2.05) is 37.3 Å². The number of amides is 3. The van der Waals surface area contributed by atoms with E-state index in [1.165, 1.54) is 11.0 Å². The predicted octanol–water partition coefficient (Wildman–Crippen LogP) is 3.15. The van der Waals surface area contributed by atoms with Gasteiger partial charge in [-0.15, -0.1) is 0 Å². The van der Waals surface area contributed by atoms with Gasteiger partial charge in [0, 0.05) is 32.9 Å². The molecule has 1 aliphatic heterocycles. The molecule has 0 N–H and O–H groups in total. The summed E-state index contributed by atoms with van der Waals surface area (Å²) in [5.41, 5.74) is 2.05. The van der Waals surface area contributed by atoms with Crippen molar-refractivity contribution in [2.75, 3.05) is 27.3 Å². The third-order valence-electron chi connectivity index (χ3n) is 5.13. The van der Waals surface area contributed by atoms with Crippen LogP contribution in [-0.4, -0.2) is 54.8 Å². The number of carbonyl (C=O) groups excluding carboxylic acids is 3. The van der Waals surface area contributed by atoms with Gasteiger partial charge in [-0.2, -0.15) is 0 Å². The summed E-state index contributed by atoms with van der Waals surface area (Å²) >= 11 is 0. The molecule has 0 radical (unpaired) electrons. The average molecular weight is 380 g/mol. The van der Waals surface area contributed by atoms with Crippen molar-refractivity contribution in [3.8, 4) is 0 Å². The molecule has 6 nitrogen and oxygen atoms in total. The predicted molar refractivity (Wildman–Crippen MR) is 105 cm³/mol. The van der Waals surface area contributed by atoms with Gasteiger partial charge in [0.25, 0.3) is 17.7 Å². The molecular formula is C22H24N2O4. The maximum atomic E-state index is 12.9. The van der Waals surface area contributed by atoms with Crippen molar-refractivity contribution in [2.45, 2.75) is 19.4 Å². The molecule has 0 aliphatic carbocycles. The maximum Gasteiger partial charge on any atom is 0.261 e. The summed E-state index contributed by atoms with van der Waals surface area (Å²) < 4.78 is 4.99. The number of fused-ring (bicyclic) bond motifs is 1. The van der Waals surface area contributed by atoms with E-state index in [1.54, 1.807) is 31.2 Å². The number of carbonyl (C=O) groups is 3. The van der Waals surface area contributed by atoms with Crippen molar-refractivity contribution in [3.05, 3.63) is 70.8 Å². The SMILES string of the molecule is COCCCN1C(=O)c2ccc(C(=O)N(C)[C@@H](C)c3ccccc3)cc2C1=O. The van der Waals surface area contributed by atoms with Crippen molar-refractivity contribution in [2.24, 2.45) is 0 Å². The minimum absolute atomic E-state index is 0.121. The monoisotopic (exact) mass is 380 g/mol. The van der Waals surface area contributed by atoms with Crippen molar-refractivity contribution in [1.82, 2.24) is 9.80 Å². The number of nitrogens with zero attached hydrogens (tertiary/aromatic N) is 2. The fraction of sp³-hybridized carbons (Fsp3) is 0.318. The maximum absolute atomic E-state index is 12.9. The fourth-order valence-electron chi connectivity index (χ4n) is 3.33. The molecule has 146 valence electrons. The average Bonchev–Trinajstić information content (AvgIpc) is 2.97. The Morgan fingerprint density at radius 2 is 1.75 bits per heavy atom. The minimum Gasteiger partial charge on any atom is -0.385 e. The molecule has 0 spiro atoms. The van der Waals surface area contributed by atoms with E-state index < -0.39 is 0 Å². The lowest BCUT2D eigenvalue weighted by Crippen LogP contribution is -2.31. The van der Waals surface area contributed by atoms with Gasteiger partial charge in [-0.05, 0) is 37.1 Å². The van der Waals surface area contributed by atoms with E-state index in [9.17, 15) is 14.4 Å². The van der Waals surface area contributed by atoms with Crippen LogP contribution in [0.25, 0.3) is 0 Å². The molecule has 1 atom stereocenters. The van der Waals surface area contributed by atoms with Gasteiger partial charge in [0.05, 0.1) is 17.2 Å². The molecule has 2 aromatic rings. The molecule has 6 heteroatoms. The third kappa shape index (κ3) is 3.68. The van der Waals surface area contributed by atoms with Crippen LogP contribution in [0.2, 0.25) is 0 Å². The van der Waals surface area contributed by atoms with Crippen LogP contribution >= 0.6 is 0 Å². The molecule has 0 aromatic heterocycles. The van der Waals surface area contributed by atoms with Gasteiger partial charge in [-0.3, -0.25) is 19.3 Å². The van der Waals surface area contributed by atoms with E-state index in [2.05, 4.69) is 0 Å². The first-order valence-corrected chi connectivity index (χ1v) is 9.27. The topological polar surface area (TPSA) is 66.9 Å². The summed E-state index contributed by atoms with van der Waals surface area (Å²) in [4.78, 5) is 40.9. The van der Waals surface area contributed by atoms with Gasteiger partial charge in [0.2, 0.25) is 0 Å². The van der Waals surface area contributed by atoms with Gasteiger partial charge in [-0.1, -0.05) is 30.3 Å². The van der Waals surface area contributed by atoms with Crippen molar-refractivity contribution < 1.29 is 19.1 Å². The lowest BCUT2D eigenvalue weighted by molar-refractivity contribution is 0.0638.